The van der Waals surface area contributed by atoms with Gasteiger partial charge in [-0.15, -0.1) is 0 Å². The lowest BCUT2D eigenvalue weighted by atomic mass is 9.93. The first-order valence-corrected chi connectivity index (χ1v) is 6.23. The second-order valence-electron chi connectivity index (χ2n) is 4.68. The van der Waals surface area contributed by atoms with Gasteiger partial charge in [0.05, 0.1) is 6.61 Å². The first-order chi connectivity index (χ1) is 10.1. The molecule has 0 fully saturated rings. The van der Waals surface area contributed by atoms with E-state index in [4.69, 9.17) is 15.3 Å². The summed E-state index contributed by atoms with van der Waals surface area (Å²) in [6.45, 7) is -0.722. The van der Waals surface area contributed by atoms with Gasteiger partial charge in [-0.1, -0.05) is 0 Å². The Labute approximate surface area is 125 Å². The fourth-order valence-corrected chi connectivity index (χ4v) is 1.68. The van der Waals surface area contributed by atoms with Crippen molar-refractivity contribution in [3.05, 3.63) is 0 Å². The van der Waals surface area contributed by atoms with Gasteiger partial charge >= 0.3 is 5.97 Å². The number of carboxylic acid groups (broad SMARTS) is 1. The minimum absolute atomic E-state index is 0.722. The Balaban J connectivity index is 4.89. The lowest BCUT2D eigenvalue weighted by Crippen LogP contribution is -2.57. The first kappa shape index (κ1) is 21.1. The van der Waals surface area contributed by atoms with Gasteiger partial charge in [-0.25, -0.2) is 4.79 Å². The van der Waals surface area contributed by atoms with Crippen LogP contribution in [0, 0.1) is 0 Å². The zero-order valence-electron chi connectivity index (χ0n) is 11.7. The van der Waals surface area contributed by atoms with E-state index < -0.39 is 61.4 Å². The summed E-state index contributed by atoms with van der Waals surface area (Å²) in [5.41, 5.74) is 0. The molecule has 0 heterocycles. The zero-order chi connectivity index (χ0) is 17.6. The van der Waals surface area contributed by atoms with Crippen LogP contribution in [0.3, 0.4) is 0 Å². The third kappa shape index (κ3) is 5.08. The van der Waals surface area contributed by atoms with Gasteiger partial charge in [-0.2, -0.15) is 0 Å². The van der Waals surface area contributed by atoms with Crippen LogP contribution in [0.4, 0.5) is 0 Å². The van der Waals surface area contributed by atoms with Gasteiger partial charge in [0.15, 0.2) is 6.10 Å². The van der Waals surface area contributed by atoms with Crippen LogP contribution in [-0.2, 0) is 9.53 Å². The summed E-state index contributed by atoms with van der Waals surface area (Å²) in [6.07, 6.45) is -16.9. The van der Waals surface area contributed by atoms with E-state index in [2.05, 4.69) is 4.74 Å². The van der Waals surface area contributed by atoms with E-state index in [1.54, 1.807) is 0 Å². The number of hydrogen-bond donors (Lipinski definition) is 9. The predicted molar refractivity (Wildman–Crippen MR) is 67.6 cm³/mol. The summed E-state index contributed by atoms with van der Waals surface area (Å²) in [5.74, 6) is -1.88. The quantitative estimate of drug-likeness (QED) is 0.184. The van der Waals surface area contributed by atoms with E-state index >= 15 is 0 Å². The van der Waals surface area contributed by atoms with Crippen molar-refractivity contribution < 1.29 is 55.5 Å². The molecule has 0 amide bonds. The topological polar surface area (TPSA) is 208 Å². The van der Waals surface area contributed by atoms with Crippen LogP contribution < -0.4 is 0 Å². The van der Waals surface area contributed by atoms with Crippen LogP contribution >= 0.6 is 0 Å². The summed E-state index contributed by atoms with van der Waals surface area (Å²) in [5, 5.41) is 83.7. The number of aliphatic carboxylic acids is 1. The maximum absolute atomic E-state index is 10.4. The van der Waals surface area contributed by atoms with Crippen LogP contribution in [0.2, 0.25) is 0 Å². The molecule has 0 aliphatic heterocycles. The predicted octanol–water partition coefficient (Wildman–Crippen LogP) is -5.40. The summed E-state index contributed by atoms with van der Waals surface area (Å²) < 4.78 is 4.61. The average Bonchev–Trinajstić information content (AvgIpc) is 2.51. The summed E-state index contributed by atoms with van der Waals surface area (Å²) >= 11 is 0. The molecule has 0 rings (SSSR count). The monoisotopic (exact) mass is 330 g/mol. The molecular formula is C11H22O11. The van der Waals surface area contributed by atoms with Gasteiger partial charge in [-0.3, -0.25) is 0 Å². The Morgan fingerprint density at radius 2 is 1.18 bits per heavy atom. The number of carboxylic acids is 1. The minimum Gasteiger partial charge on any atom is -0.479 e. The van der Waals surface area contributed by atoms with E-state index in [1.807, 2.05) is 0 Å². The van der Waals surface area contributed by atoms with Crippen LogP contribution in [0.5, 0.6) is 0 Å². The molecule has 0 aliphatic rings. The molecule has 9 N–H and O–H groups in total. The number of ether oxygens (including phenoxy) is 1. The Hall–Kier alpha value is -0.890. The highest BCUT2D eigenvalue weighted by molar-refractivity contribution is 5.72. The average molecular weight is 330 g/mol. The van der Waals surface area contributed by atoms with Crippen molar-refractivity contribution in [2.45, 2.75) is 48.8 Å². The number of rotatable bonds is 10. The Bertz CT molecular complexity index is 334. The molecule has 0 saturated heterocycles. The molecule has 0 bridgehead atoms. The molecule has 0 aromatic rings. The molecule has 0 aliphatic carbocycles. The molecule has 22 heavy (non-hydrogen) atoms. The molecule has 0 aromatic carbocycles. The highest BCUT2D eigenvalue weighted by Gasteiger charge is 2.42. The van der Waals surface area contributed by atoms with Gasteiger partial charge in [0.1, 0.15) is 42.7 Å². The number of hydrogen-bond acceptors (Lipinski definition) is 10. The second-order valence-corrected chi connectivity index (χ2v) is 4.68. The third-order valence-electron chi connectivity index (χ3n) is 3.19. The highest BCUT2D eigenvalue weighted by Crippen LogP contribution is 2.15. The van der Waals surface area contributed by atoms with Crippen molar-refractivity contribution in [1.82, 2.24) is 0 Å². The van der Waals surface area contributed by atoms with Crippen LogP contribution in [-0.4, -0.2) is 114 Å². The standard InChI is InChI=1S/C11H22O11/c1-22-3(2-12)4(13)5(14)6(15)7(16)8(17)9(18)10(19)11(20)21/h3-10,12-19H,2H2,1H3,(H,20,21). The van der Waals surface area contributed by atoms with Crippen molar-refractivity contribution in [2.75, 3.05) is 13.7 Å². The van der Waals surface area contributed by atoms with Crippen LogP contribution in [0.15, 0.2) is 0 Å². The molecule has 0 radical (unpaired) electrons. The summed E-state index contributed by atoms with van der Waals surface area (Å²) in [6, 6.07) is 0. The first-order valence-electron chi connectivity index (χ1n) is 6.23. The van der Waals surface area contributed by atoms with Gasteiger partial charge in [0.25, 0.3) is 0 Å². The largest absolute Gasteiger partial charge is 0.479 e. The Morgan fingerprint density at radius 3 is 1.50 bits per heavy atom. The number of methoxy groups -OCH3 is 1. The zero-order valence-corrected chi connectivity index (χ0v) is 11.7. The Kier molecular flexibility index (Phi) is 8.92. The van der Waals surface area contributed by atoms with Crippen LogP contribution in [0.1, 0.15) is 0 Å². The fourth-order valence-electron chi connectivity index (χ4n) is 1.68. The third-order valence-corrected chi connectivity index (χ3v) is 3.19. The normalized spacial score (nSPS) is 23.0. The van der Waals surface area contributed by atoms with Crippen molar-refractivity contribution >= 4 is 5.97 Å². The molecule has 0 aromatic heterocycles. The number of aliphatic hydroxyl groups is 8. The van der Waals surface area contributed by atoms with E-state index in [1.165, 1.54) is 0 Å². The Morgan fingerprint density at radius 1 is 0.818 bits per heavy atom. The molecular weight excluding hydrogens is 308 g/mol. The van der Waals surface area contributed by atoms with E-state index in [9.17, 15) is 35.4 Å². The van der Waals surface area contributed by atoms with Gasteiger partial charge < -0.3 is 50.7 Å². The van der Waals surface area contributed by atoms with Crippen molar-refractivity contribution in [2.24, 2.45) is 0 Å². The van der Waals surface area contributed by atoms with Gasteiger partial charge in [0.2, 0.25) is 0 Å². The van der Waals surface area contributed by atoms with E-state index in [-0.39, 0.29) is 0 Å². The summed E-state index contributed by atoms with van der Waals surface area (Å²) in [7, 11) is 1.10. The minimum atomic E-state index is -2.44. The molecule has 0 spiro atoms. The maximum Gasteiger partial charge on any atom is 0.335 e. The second kappa shape index (κ2) is 9.29. The van der Waals surface area contributed by atoms with Crippen molar-refractivity contribution in [1.29, 1.82) is 0 Å². The molecule has 11 heteroatoms. The van der Waals surface area contributed by atoms with E-state index in [0.717, 1.165) is 7.11 Å². The smallest absolute Gasteiger partial charge is 0.335 e. The number of aliphatic hydroxyl groups excluding tert-OH is 8. The maximum atomic E-state index is 10.4. The molecule has 8 unspecified atom stereocenters. The van der Waals surface area contributed by atoms with Gasteiger partial charge in [-0.05, 0) is 0 Å². The van der Waals surface area contributed by atoms with Crippen LogP contribution in [0.25, 0.3) is 0 Å². The molecule has 8 atom stereocenters. The van der Waals surface area contributed by atoms with Gasteiger partial charge in [0, 0.05) is 7.11 Å². The van der Waals surface area contributed by atoms with Crippen molar-refractivity contribution in [3.63, 3.8) is 0 Å². The van der Waals surface area contributed by atoms with E-state index in [0.29, 0.717) is 0 Å². The summed E-state index contributed by atoms with van der Waals surface area (Å²) in [4.78, 5) is 10.4. The molecule has 132 valence electrons. The molecule has 11 nitrogen and oxygen atoms in total. The van der Waals surface area contributed by atoms with Crippen molar-refractivity contribution in [3.8, 4) is 0 Å². The lowest BCUT2D eigenvalue weighted by molar-refractivity contribution is -0.187. The SMILES string of the molecule is COC(CO)C(O)C(O)C(O)C(O)C(O)C(O)C(O)C(=O)O. The lowest BCUT2D eigenvalue weighted by Gasteiger charge is -2.33. The number of carbonyl (C=O) groups is 1. The highest BCUT2D eigenvalue weighted by atomic mass is 16.5. The fraction of sp³-hybridized carbons (Fsp3) is 0.909. The molecule has 0 saturated carbocycles.